The number of nitriles is 1. The molecule has 6 heteroatoms. The van der Waals surface area contributed by atoms with Gasteiger partial charge in [-0.3, -0.25) is 0 Å². The summed E-state index contributed by atoms with van der Waals surface area (Å²) < 4.78 is 5.05. The van der Waals surface area contributed by atoms with Gasteiger partial charge in [-0.25, -0.2) is 9.79 Å². The molecule has 1 aromatic rings. The van der Waals surface area contributed by atoms with Gasteiger partial charge in [-0.2, -0.15) is 16.2 Å². The first-order valence-electron chi connectivity index (χ1n) is 5.02. The molecule has 0 fully saturated rings. The highest BCUT2D eigenvalue weighted by Gasteiger charge is 2.22. The standard InChI is InChI=1S/C12H10N2O3S/c1-17-10-3-2-9(6-8(10)7-13)18-5-4-14-11(18)12(15)16/h2-6,18H,1H3,(H,15,16). The lowest BCUT2D eigenvalue weighted by atomic mass is 10.2. The number of carbonyl (C=O) groups is 1. The monoisotopic (exact) mass is 262 g/mol. The first kappa shape index (κ1) is 12.2. The van der Waals surface area contributed by atoms with Crippen molar-refractivity contribution in [2.24, 2.45) is 4.99 Å². The minimum Gasteiger partial charge on any atom is -0.495 e. The zero-order valence-electron chi connectivity index (χ0n) is 9.49. The number of thiol groups is 1. The van der Waals surface area contributed by atoms with Crippen LogP contribution in [0.3, 0.4) is 0 Å². The predicted molar refractivity (Wildman–Crippen MR) is 69.2 cm³/mol. The largest absolute Gasteiger partial charge is 0.495 e. The van der Waals surface area contributed by atoms with Crippen molar-refractivity contribution < 1.29 is 14.6 Å². The Morgan fingerprint density at radius 1 is 1.56 bits per heavy atom. The molecule has 1 unspecified atom stereocenters. The number of ether oxygens (including phenoxy) is 1. The van der Waals surface area contributed by atoms with Crippen LogP contribution < -0.4 is 4.74 Å². The van der Waals surface area contributed by atoms with Crippen LogP contribution in [0.25, 0.3) is 0 Å². The number of carboxylic acids is 1. The van der Waals surface area contributed by atoms with Crippen molar-refractivity contribution in [1.82, 2.24) is 0 Å². The van der Waals surface area contributed by atoms with Gasteiger partial charge in [0.05, 0.1) is 12.7 Å². The van der Waals surface area contributed by atoms with Crippen LogP contribution in [0.4, 0.5) is 0 Å². The molecule has 1 heterocycles. The minimum atomic E-state index is -1.12. The Kier molecular flexibility index (Phi) is 3.35. The summed E-state index contributed by atoms with van der Waals surface area (Å²) in [5.74, 6) is -0.548. The molecule has 1 N–H and O–H groups in total. The fraction of sp³-hybridized carbons (Fsp3) is 0.0833. The van der Waals surface area contributed by atoms with E-state index < -0.39 is 16.9 Å². The molecular weight excluding hydrogens is 252 g/mol. The number of hydrogen-bond acceptors (Lipinski definition) is 4. The normalized spacial score (nSPS) is 19.1. The van der Waals surface area contributed by atoms with E-state index in [1.807, 2.05) is 6.07 Å². The molecule has 1 aliphatic rings. The average molecular weight is 262 g/mol. The topological polar surface area (TPSA) is 82.7 Å². The van der Waals surface area contributed by atoms with Crippen molar-refractivity contribution in [1.29, 1.82) is 5.26 Å². The summed E-state index contributed by atoms with van der Waals surface area (Å²) in [6, 6.07) is 7.11. The summed E-state index contributed by atoms with van der Waals surface area (Å²) in [6.07, 6.45) is 1.49. The lowest BCUT2D eigenvalue weighted by Gasteiger charge is -2.14. The summed E-state index contributed by atoms with van der Waals surface area (Å²) in [7, 11) is 0.368. The molecule has 0 aromatic heterocycles. The molecule has 92 valence electrons. The third-order valence-electron chi connectivity index (χ3n) is 2.41. The van der Waals surface area contributed by atoms with Gasteiger partial charge in [0.15, 0.2) is 5.04 Å². The van der Waals surface area contributed by atoms with E-state index in [4.69, 9.17) is 15.1 Å². The summed E-state index contributed by atoms with van der Waals surface area (Å²) in [5.41, 5.74) is 0.391. The third kappa shape index (κ3) is 2.08. The van der Waals surface area contributed by atoms with E-state index >= 15 is 0 Å². The van der Waals surface area contributed by atoms with Crippen LogP contribution in [0.15, 0.2) is 39.7 Å². The summed E-state index contributed by atoms with van der Waals surface area (Å²) in [5, 5.41) is 19.9. The van der Waals surface area contributed by atoms with Crippen molar-refractivity contribution in [2.75, 3.05) is 7.11 Å². The lowest BCUT2D eigenvalue weighted by Crippen LogP contribution is -2.10. The Morgan fingerprint density at radius 2 is 2.33 bits per heavy atom. The van der Waals surface area contributed by atoms with Crippen molar-refractivity contribution in [3.8, 4) is 11.8 Å². The van der Waals surface area contributed by atoms with Crippen molar-refractivity contribution in [2.45, 2.75) is 4.90 Å². The van der Waals surface area contributed by atoms with Gasteiger partial charge in [0.2, 0.25) is 0 Å². The van der Waals surface area contributed by atoms with E-state index in [9.17, 15) is 4.79 Å². The molecule has 0 bridgehead atoms. The highest BCUT2D eigenvalue weighted by molar-refractivity contribution is 8.34. The number of methoxy groups -OCH3 is 1. The fourth-order valence-electron chi connectivity index (χ4n) is 1.60. The Labute approximate surface area is 106 Å². The molecule has 2 rings (SSSR count). The van der Waals surface area contributed by atoms with Gasteiger partial charge in [-0.15, -0.1) is 0 Å². The molecule has 0 aliphatic carbocycles. The summed E-state index contributed by atoms with van der Waals surface area (Å²) in [6.45, 7) is 0. The minimum absolute atomic E-state index is 0.124. The zero-order chi connectivity index (χ0) is 13.1. The van der Waals surface area contributed by atoms with Crippen molar-refractivity contribution in [3.63, 3.8) is 0 Å². The third-order valence-corrected chi connectivity index (χ3v) is 4.44. The second-order valence-corrected chi connectivity index (χ2v) is 5.40. The molecule has 0 saturated heterocycles. The second kappa shape index (κ2) is 4.94. The molecule has 0 spiro atoms. The van der Waals surface area contributed by atoms with Crippen LogP contribution in [0, 0.1) is 11.3 Å². The smallest absolute Gasteiger partial charge is 0.360 e. The SMILES string of the molecule is COc1ccc([SH]2C=CN=C2C(=O)O)cc1C#N. The molecule has 0 saturated carbocycles. The molecule has 1 aromatic carbocycles. The second-order valence-electron chi connectivity index (χ2n) is 3.42. The number of rotatable bonds is 3. The van der Waals surface area contributed by atoms with E-state index in [1.54, 1.807) is 23.6 Å². The highest BCUT2D eigenvalue weighted by atomic mass is 32.2. The first-order chi connectivity index (χ1) is 8.67. The maximum absolute atomic E-state index is 11.0. The van der Waals surface area contributed by atoms with Gasteiger partial charge in [-0.05, 0) is 28.5 Å². The predicted octanol–water partition coefficient (Wildman–Crippen LogP) is 1.89. The summed E-state index contributed by atoms with van der Waals surface area (Å²) >= 11 is 0. The number of aliphatic imine (C=N–C) groups is 1. The van der Waals surface area contributed by atoms with Gasteiger partial charge < -0.3 is 9.84 Å². The number of nitrogens with zero attached hydrogens (tertiary/aromatic N) is 2. The van der Waals surface area contributed by atoms with E-state index in [0.29, 0.717) is 11.3 Å². The number of hydrogen-bond donors (Lipinski definition) is 2. The Balaban J connectivity index is 2.42. The van der Waals surface area contributed by atoms with E-state index in [0.717, 1.165) is 4.90 Å². The molecular formula is C12H10N2O3S. The molecule has 5 nitrogen and oxygen atoms in total. The molecule has 1 atom stereocenters. The average Bonchev–Trinajstić information content (AvgIpc) is 2.87. The fourth-order valence-corrected chi connectivity index (χ4v) is 3.26. The number of aliphatic carboxylic acids is 1. The van der Waals surface area contributed by atoms with Gasteiger partial charge >= 0.3 is 5.97 Å². The van der Waals surface area contributed by atoms with Crippen molar-refractivity contribution in [3.05, 3.63) is 35.4 Å². The Bertz CT molecular complexity index is 602. The zero-order valence-corrected chi connectivity index (χ0v) is 10.4. The highest BCUT2D eigenvalue weighted by Crippen LogP contribution is 2.43. The van der Waals surface area contributed by atoms with Gasteiger partial charge in [-0.1, -0.05) is 0 Å². The lowest BCUT2D eigenvalue weighted by molar-refractivity contribution is -0.129. The van der Waals surface area contributed by atoms with Crippen LogP contribution in [0.5, 0.6) is 5.75 Å². The molecule has 0 radical (unpaired) electrons. The first-order valence-corrected chi connectivity index (χ1v) is 6.43. The molecule has 18 heavy (non-hydrogen) atoms. The van der Waals surface area contributed by atoms with Gasteiger partial charge in [0, 0.05) is 6.20 Å². The van der Waals surface area contributed by atoms with E-state index in [-0.39, 0.29) is 5.04 Å². The van der Waals surface area contributed by atoms with Gasteiger partial charge in [0.25, 0.3) is 0 Å². The summed E-state index contributed by atoms with van der Waals surface area (Å²) in [4.78, 5) is 15.6. The maximum Gasteiger partial charge on any atom is 0.360 e. The van der Waals surface area contributed by atoms with Crippen LogP contribution in [0.2, 0.25) is 0 Å². The van der Waals surface area contributed by atoms with Crippen LogP contribution in [-0.4, -0.2) is 23.2 Å². The molecule has 1 aliphatic heterocycles. The van der Waals surface area contributed by atoms with Gasteiger partial charge in [0.1, 0.15) is 11.8 Å². The van der Waals surface area contributed by atoms with Crippen LogP contribution >= 0.6 is 10.9 Å². The van der Waals surface area contributed by atoms with E-state index in [2.05, 4.69) is 4.99 Å². The van der Waals surface area contributed by atoms with E-state index in [1.165, 1.54) is 13.3 Å². The van der Waals surface area contributed by atoms with Crippen LogP contribution in [0.1, 0.15) is 5.56 Å². The maximum atomic E-state index is 11.0. The number of carboxylic acid groups (broad SMARTS) is 1. The number of benzene rings is 1. The molecule has 0 amide bonds. The van der Waals surface area contributed by atoms with Crippen LogP contribution in [-0.2, 0) is 4.79 Å². The Morgan fingerprint density at radius 3 is 2.94 bits per heavy atom. The van der Waals surface area contributed by atoms with Crippen molar-refractivity contribution >= 4 is 21.9 Å². The quantitative estimate of drug-likeness (QED) is 0.815. The Hall–Kier alpha value is -2.26.